The number of aromatic nitrogens is 1. The number of hydrogen-bond donors (Lipinski definition) is 1. The summed E-state index contributed by atoms with van der Waals surface area (Å²) < 4.78 is 11.1. The van der Waals surface area contributed by atoms with E-state index < -0.39 is 0 Å². The standard InChI is InChI=1S/C16H17N3O2/c1-10-8-19-14(11(2)16(10)20-3)9-21-15-5-4-13(18)6-12(15)7-17/h4-6,8H,9,18H2,1-3H3. The number of nitrogens with two attached hydrogens (primary N) is 1. The quantitative estimate of drug-likeness (QED) is 0.872. The number of hydrogen-bond acceptors (Lipinski definition) is 5. The summed E-state index contributed by atoms with van der Waals surface area (Å²) in [5.41, 5.74) is 9.28. The van der Waals surface area contributed by atoms with Crippen molar-refractivity contribution in [1.29, 1.82) is 5.26 Å². The van der Waals surface area contributed by atoms with Gasteiger partial charge in [0.05, 0.1) is 18.4 Å². The first-order valence-corrected chi connectivity index (χ1v) is 6.48. The molecule has 108 valence electrons. The second kappa shape index (κ2) is 6.14. The van der Waals surface area contributed by atoms with Crippen LogP contribution < -0.4 is 15.2 Å². The van der Waals surface area contributed by atoms with Crippen molar-refractivity contribution in [3.8, 4) is 17.6 Å². The number of aryl methyl sites for hydroxylation is 1. The molecule has 1 aromatic heterocycles. The maximum Gasteiger partial charge on any atom is 0.137 e. The van der Waals surface area contributed by atoms with Gasteiger partial charge >= 0.3 is 0 Å². The lowest BCUT2D eigenvalue weighted by Crippen LogP contribution is -2.05. The van der Waals surface area contributed by atoms with Crippen LogP contribution in [-0.4, -0.2) is 12.1 Å². The molecule has 2 N–H and O–H groups in total. The van der Waals surface area contributed by atoms with Crippen molar-refractivity contribution in [3.63, 3.8) is 0 Å². The fourth-order valence-corrected chi connectivity index (χ4v) is 2.12. The van der Waals surface area contributed by atoms with Crippen LogP contribution in [-0.2, 0) is 6.61 Å². The van der Waals surface area contributed by atoms with Crippen LogP contribution in [0.5, 0.6) is 11.5 Å². The molecule has 0 atom stereocenters. The van der Waals surface area contributed by atoms with Gasteiger partial charge in [0.15, 0.2) is 0 Å². The zero-order chi connectivity index (χ0) is 15.4. The topological polar surface area (TPSA) is 81.2 Å². The van der Waals surface area contributed by atoms with Crippen molar-refractivity contribution < 1.29 is 9.47 Å². The highest BCUT2D eigenvalue weighted by atomic mass is 16.5. The normalized spacial score (nSPS) is 10.0. The number of benzene rings is 1. The molecule has 0 aliphatic carbocycles. The summed E-state index contributed by atoms with van der Waals surface area (Å²) in [6, 6.07) is 7.05. The molecule has 2 aromatic rings. The number of pyridine rings is 1. The molecule has 0 saturated carbocycles. The summed E-state index contributed by atoms with van der Waals surface area (Å²) in [6.07, 6.45) is 1.75. The highest BCUT2D eigenvalue weighted by Crippen LogP contribution is 2.26. The van der Waals surface area contributed by atoms with E-state index in [1.807, 2.05) is 13.8 Å². The van der Waals surface area contributed by atoms with Crippen LogP contribution in [0.25, 0.3) is 0 Å². The van der Waals surface area contributed by atoms with Gasteiger partial charge < -0.3 is 15.2 Å². The first-order valence-electron chi connectivity index (χ1n) is 6.48. The van der Waals surface area contributed by atoms with Gasteiger partial charge in [-0.2, -0.15) is 5.26 Å². The molecular formula is C16H17N3O2. The van der Waals surface area contributed by atoms with Gasteiger partial charge in [-0.05, 0) is 32.0 Å². The molecule has 0 bridgehead atoms. The van der Waals surface area contributed by atoms with Crippen molar-refractivity contribution >= 4 is 5.69 Å². The molecule has 0 aliphatic rings. The van der Waals surface area contributed by atoms with Gasteiger partial charge in [-0.1, -0.05) is 0 Å². The molecule has 5 nitrogen and oxygen atoms in total. The molecule has 0 spiro atoms. The lowest BCUT2D eigenvalue weighted by atomic mass is 10.1. The Morgan fingerprint density at radius 3 is 2.76 bits per heavy atom. The molecule has 2 rings (SSSR count). The minimum atomic E-state index is 0.265. The third-order valence-corrected chi connectivity index (χ3v) is 3.24. The third-order valence-electron chi connectivity index (χ3n) is 3.24. The summed E-state index contributed by atoms with van der Waals surface area (Å²) in [6.45, 7) is 4.14. The fourth-order valence-electron chi connectivity index (χ4n) is 2.12. The largest absolute Gasteiger partial charge is 0.496 e. The van der Waals surface area contributed by atoms with E-state index in [4.69, 9.17) is 20.5 Å². The van der Waals surface area contributed by atoms with E-state index in [1.165, 1.54) is 0 Å². The van der Waals surface area contributed by atoms with Gasteiger partial charge in [-0.25, -0.2) is 0 Å². The first-order chi connectivity index (χ1) is 10.1. The second-order valence-electron chi connectivity index (χ2n) is 4.70. The molecule has 0 fully saturated rings. The van der Waals surface area contributed by atoms with E-state index in [-0.39, 0.29) is 6.61 Å². The second-order valence-corrected chi connectivity index (χ2v) is 4.70. The maximum atomic E-state index is 9.09. The van der Waals surface area contributed by atoms with Crippen LogP contribution in [0.2, 0.25) is 0 Å². The molecule has 0 aliphatic heterocycles. The molecule has 1 heterocycles. The Morgan fingerprint density at radius 1 is 1.33 bits per heavy atom. The summed E-state index contributed by atoms with van der Waals surface area (Å²) in [4.78, 5) is 4.36. The average molecular weight is 283 g/mol. The summed E-state index contributed by atoms with van der Waals surface area (Å²) in [5, 5.41) is 9.09. The van der Waals surface area contributed by atoms with E-state index >= 15 is 0 Å². The molecule has 0 radical (unpaired) electrons. The smallest absolute Gasteiger partial charge is 0.137 e. The Bertz CT molecular complexity index is 705. The molecular weight excluding hydrogens is 266 g/mol. The predicted molar refractivity (Wildman–Crippen MR) is 80.2 cm³/mol. The highest BCUT2D eigenvalue weighted by molar-refractivity contribution is 5.53. The summed E-state index contributed by atoms with van der Waals surface area (Å²) >= 11 is 0. The minimum Gasteiger partial charge on any atom is -0.496 e. The summed E-state index contributed by atoms with van der Waals surface area (Å²) in [5.74, 6) is 1.30. The van der Waals surface area contributed by atoms with Gasteiger partial charge in [0, 0.05) is 23.0 Å². The lowest BCUT2D eigenvalue weighted by molar-refractivity contribution is 0.298. The number of methoxy groups -OCH3 is 1. The molecule has 5 heteroatoms. The average Bonchev–Trinajstić information content (AvgIpc) is 2.48. The first kappa shape index (κ1) is 14.7. The van der Waals surface area contributed by atoms with Crippen LogP contribution >= 0.6 is 0 Å². The Morgan fingerprint density at radius 2 is 2.10 bits per heavy atom. The van der Waals surface area contributed by atoms with Crippen LogP contribution in [0.3, 0.4) is 0 Å². The number of nitriles is 1. The Kier molecular flexibility index (Phi) is 4.29. The molecule has 21 heavy (non-hydrogen) atoms. The van der Waals surface area contributed by atoms with E-state index in [2.05, 4.69) is 11.1 Å². The van der Waals surface area contributed by atoms with Crippen molar-refractivity contribution in [2.24, 2.45) is 0 Å². The van der Waals surface area contributed by atoms with E-state index in [1.54, 1.807) is 31.5 Å². The SMILES string of the molecule is COc1c(C)cnc(COc2ccc(N)cc2C#N)c1C. The minimum absolute atomic E-state index is 0.265. The number of nitrogen functional groups attached to an aromatic ring is 1. The molecule has 0 amide bonds. The Hall–Kier alpha value is -2.74. The number of ether oxygens (including phenoxy) is 2. The lowest BCUT2D eigenvalue weighted by Gasteiger charge is -2.13. The predicted octanol–water partition coefficient (Wildman–Crippen LogP) is 2.74. The van der Waals surface area contributed by atoms with Crippen molar-refractivity contribution in [1.82, 2.24) is 4.98 Å². The molecule has 0 unspecified atom stereocenters. The van der Waals surface area contributed by atoms with Crippen molar-refractivity contribution in [2.75, 3.05) is 12.8 Å². The maximum absolute atomic E-state index is 9.09. The van der Waals surface area contributed by atoms with Crippen molar-refractivity contribution in [2.45, 2.75) is 20.5 Å². The van der Waals surface area contributed by atoms with E-state index in [0.717, 1.165) is 22.6 Å². The van der Waals surface area contributed by atoms with Gasteiger partial charge in [-0.3, -0.25) is 4.98 Å². The third kappa shape index (κ3) is 3.06. The van der Waals surface area contributed by atoms with Crippen LogP contribution in [0.4, 0.5) is 5.69 Å². The van der Waals surface area contributed by atoms with Crippen LogP contribution in [0.1, 0.15) is 22.4 Å². The Balaban J connectivity index is 2.23. The van der Waals surface area contributed by atoms with Gasteiger partial charge in [-0.15, -0.1) is 0 Å². The monoisotopic (exact) mass is 283 g/mol. The van der Waals surface area contributed by atoms with Crippen LogP contribution in [0.15, 0.2) is 24.4 Å². The fraction of sp³-hybridized carbons (Fsp3) is 0.250. The van der Waals surface area contributed by atoms with Gasteiger partial charge in [0.25, 0.3) is 0 Å². The molecule has 0 saturated heterocycles. The number of rotatable bonds is 4. The number of anilines is 1. The molecule has 1 aromatic carbocycles. The van der Waals surface area contributed by atoms with Crippen LogP contribution in [0, 0.1) is 25.2 Å². The van der Waals surface area contributed by atoms with E-state index in [0.29, 0.717) is 17.0 Å². The number of nitrogens with zero attached hydrogens (tertiary/aromatic N) is 2. The zero-order valence-corrected chi connectivity index (χ0v) is 12.3. The van der Waals surface area contributed by atoms with E-state index in [9.17, 15) is 0 Å². The summed E-state index contributed by atoms with van der Waals surface area (Å²) in [7, 11) is 1.63. The zero-order valence-electron chi connectivity index (χ0n) is 12.3. The van der Waals surface area contributed by atoms with Gasteiger partial charge in [0.1, 0.15) is 24.2 Å². The Labute approximate surface area is 123 Å². The highest BCUT2D eigenvalue weighted by Gasteiger charge is 2.11. The van der Waals surface area contributed by atoms with Gasteiger partial charge in [0.2, 0.25) is 0 Å². The van der Waals surface area contributed by atoms with Crippen molar-refractivity contribution in [3.05, 3.63) is 46.8 Å².